The van der Waals surface area contributed by atoms with Crippen molar-refractivity contribution in [1.29, 1.82) is 0 Å². The number of ether oxygens (including phenoxy) is 2. The summed E-state index contributed by atoms with van der Waals surface area (Å²) < 4.78 is 10.7. The molecule has 3 heteroatoms. The van der Waals surface area contributed by atoms with E-state index in [-0.39, 0.29) is 6.29 Å². The van der Waals surface area contributed by atoms with Crippen LogP contribution in [0.25, 0.3) is 0 Å². The number of halogens is 1. The molecule has 2 nitrogen and oxygen atoms in total. The molecule has 1 fully saturated rings. The molecule has 0 amide bonds. The Balaban J connectivity index is 1.97. The third-order valence-corrected chi connectivity index (χ3v) is 2.26. The van der Waals surface area contributed by atoms with E-state index in [1.54, 1.807) is 0 Å². The molecule has 0 atom stereocenters. The summed E-state index contributed by atoms with van der Waals surface area (Å²) in [5, 5.41) is 0.761. The monoisotopic (exact) mass is 198 g/mol. The summed E-state index contributed by atoms with van der Waals surface area (Å²) in [6, 6.07) is 7.75. The molecule has 0 bridgehead atoms. The van der Waals surface area contributed by atoms with Crippen LogP contribution in [0, 0.1) is 0 Å². The van der Waals surface area contributed by atoms with Gasteiger partial charge in [-0.25, -0.2) is 0 Å². The van der Waals surface area contributed by atoms with E-state index >= 15 is 0 Å². The van der Waals surface area contributed by atoms with E-state index < -0.39 is 0 Å². The second-order valence-corrected chi connectivity index (χ2v) is 3.44. The third kappa shape index (κ3) is 2.44. The summed E-state index contributed by atoms with van der Waals surface area (Å²) in [7, 11) is 0. The Labute approximate surface area is 82.4 Å². The van der Waals surface area contributed by atoms with Gasteiger partial charge in [0.05, 0.1) is 13.2 Å². The van der Waals surface area contributed by atoms with Crippen molar-refractivity contribution in [2.24, 2.45) is 0 Å². The van der Waals surface area contributed by atoms with E-state index in [1.807, 2.05) is 24.3 Å². The van der Waals surface area contributed by atoms with Crippen LogP contribution in [0.15, 0.2) is 24.3 Å². The fraction of sp³-hybridized carbons (Fsp3) is 0.400. The lowest BCUT2D eigenvalue weighted by atomic mass is 10.1. The van der Waals surface area contributed by atoms with Crippen LogP contribution in [-0.4, -0.2) is 19.5 Å². The van der Waals surface area contributed by atoms with Crippen molar-refractivity contribution in [3.8, 4) is 0 Å². The van der Waals surface area contributed by atoms with Crippen molar-refractivity contribution in [3.63, 3.8) is 0 Å². The van der Waals surface area contributed by atoms with Crippen LogP contribution in [0.5, 0.6) is 0 Å². The van der Waals surface area contributed by atoms with Gasteiger partial charge in [-0.05, 0) is 17.7 Å². The molecule has 1 aromatic rings. The summed E-state index contributed by atoms with van der Waals surface area (Å²) >= 11 is 5.77. The summed E-state index contributed by atoms with van der Waals surface area (Å²) in [6.07, 6.45) is 0.734. The van der Waals surface area contributed by atoms with Gasteiger partial charge in [-0.2, -0.15) is 0 Å². The van der Waals surface area contributed by atoms with Crippen LogP contribution in [0.1, 0.15) is 5.56 Å². The van der Waals surface area contributed by atoms with Gasteiger partial charge in [0.25, 0.3) is 0 Å². The summed E-state index contributed by atoms with van der Waals surface area (Å²) in [4.78, 5) is 0. The second-order valence-electron chi connectivity index (χ2n) is 3.00. The second kappa shape index (κ2) is 4.09. The fourth-order valence-electron chi connectivity index (χ4n) is 1.34. The fourth-order valence-corrected chi connectivity index (χ4v) is 1.46. The van der Waals surface area contributed by atoms with Crippen LogP contribution in [0.2, 0.25) is 5.02 Å². The molecule has 1 aliphatic rings. The lowest BCUT2D eigenvalue weighted by molar-refractivity contribution is -0.0399. The molecule has 13 heavy (non-hydrogen) atoms. The normalized spacial score (nSPS) is 17.9. The predicted molar refractivity (Wildman–Crippen MR) is 50.8 cm³/mol. The Morgan fingerprint density at radius 3 is 2.38 bits per heavy atom. The van der Waals surface area contributed by atoms with E-state index in [0.29, 0.717) is 13.2 Å². The summed E-state index contributed by atoms with van der Waals surface area (Å²) in [5.41, 5.74) is 1.19. The van der Waals surface area contributed by atoms with Crippen molar-refractivity contribution < 1.29 is 9.47 Å². The maximum Gasteiger partial charge on any atom is 0.161 e. The highest BCUT2D eigenvalue weighted by Gasteiger charge is 2.15. The lowest BCUT2D eigenvalue weighted by Crippen LogP contribution is -2.10. The van der Waals surface area contributed by atoms with Crippen molar-refractivity contribution in [2.45, 2.75) is 12.7 Å². The van der Waals surface area contributed by atoms with Crippen LogP contribution in [0.3, 0.4) is 0 Å². The summed E-state index contributed by atoms with van der Waals surface area (Å²) in [6.45, 7) is 1.41. The number of hydrogen-bond acceptors (Lipinski definition) is 2. The molecule has 0 N–H and O–H groups in total. The molecule has 1 aromatic carbocycles. The van der Waals surface area contributed by atoms with Gasteiger partial charge in [0, 0.05) is 11.4 Å². The van der Waals surface area contributed by atoms with Crippen LogP contribution in [-0.2, 0) is 15.9 Å². The first-order chi connectivity index (χ1) is 6.34. The van der Waals surface area contributed by atoms with E-state index in [1.165, 1.54) is 5.56 Å². The first-order valence-corrected chi connectivity index (χ1v) is 4.70. The average Bonchev–Trinajstić information content (AvgIpc) is 2.62. The maximum atomic E-state index is 5.77. The van der Waals surface area contributed by atoms with E-state index in [0.717, 1.165) is 11.4 Å². The minimum atomic E-state index is -0.0684. The molecular formula is C10H11ClO2. The largest absolute Gasteiger partial charge is 0.350 e. The standard InChI is InChI=1S/C10H11ClO2/c11-9-3-1-8(2-4-9)7-10-12-5-6-13-10/h1-4,10H,5-7H2. The van der Waals surface area contributed by atoms with Crippen molar-refractivity contribution in [3.05, 3.63) is 34.9 Å². The Morgan fingerprint density at radius 1 is 1.15 bits per heavy atom. The topological polar surface area (TPSA) is 18.5 Å². The molecular weight excluding hydrogens is 188 g/mol. The molecule has 0 radical (unpaired) electrons. The van der Waals surface area contributed by atoms with Gasteiger partial charge in [0.2, 0.25) is 0 Å². The zero-order valence-corrected chi connectivity index (χ0v) is 7.96. The van der Waals surface area contributed by atoms with E-state index in [9.17, 15) is 0 Å². The predicted octanol–water partition coefficient (Wildman–Crippen LogP) is 2.26. The smallest absolute Gasteiger partial charge is 0.161 e. The lowest BCUT2D eigenvalue weighted by Gasteiger charge is -2.08. The minimum Gasteiger partial charge on any atom is -0.350 e. The Bertz CT molecular complexity index is 265. The Hall–Kier alpha value is -0.570. The first-order valence-electron chi connectivity index (χ1n) is 4.32. The first kappa shape index (κ1) is 9.00. The van der Waals surface area contributed by atoms with Gasteiger partial charge in [-0.15, -0.1) is 0 Å². The number of rotatable bonds is 2. The molecule has 0 aliphatic carbocycles. The van der Waals surface area contributed by atoms with Crippen molar-refractivity contribution >= 4 is 11.6 Å². The van der Waals surface area contributed by atoms with Crippen molar-refractivity contribution in [1.82, 2.24) is 0 Å². The third-order valence-electron chi connectivity index (χ3n) is 2.01. The molecule has 1 saturated heterocycles. The molecule has 0 spiro atoms. The average molecular weight is 199 g/mol. The Morgan fingerprint density at radius 2 is 1.77 bits per heavy atom. The molecule has 0 unspecified atom stereocenters. The molecule has 1 heterocycles. The minimum absolute atomic E-state index is 0.0684. The molecule has 1 aliphatic heterocycles. The van der Waals surface area contributed by atoms with Gasteiger partial charge in [0.15, 0.2) is 6.29 Å². The van der Waals surface area contributed by atoms with Gasteiger partial charge in [-0.3, -0.25) is 0 Å². The zero-order valence-electron chi connectivity index (χ0n) is 7.20. The molecule has 70 valence electrons. The number of hydrogen-bond donors (Lipinski definition) is 0. The zero-order chi connectivity index (χ0) is 9.10. The quantitative estimate of drug-likeness (QED) is 0.726. The van der Waals surface area contributed by atoms with Gasteiger partial charge < -0.3 is 9.47 Å². The van der Waals surface area contributed by atoms with Gasteiger partial charge >= 0.3 is 0 Å². The molecule has 2 rings (SSSR count). The van der Waals surface area contributed by atoms with E-state index in [4.69, 9.17) is 21.1 Å². The SMILES string of the molecule is Clc1ccc(CC2OCCO2)cc1. The van der Waals surface area contributed by atoms with E-state index in [2.05, 4.69) is 0 Å². The van der Waals surface area contributed by atoms with Crippen LogP contribution in [0.4, 0.5) is 0 Å². The molecule has 0 saturated carbocycles. The highest BCUT2D eigenvalue weighted by atomic mass is 35.5. The highest BCUT2D eigenvalue weighted by Crippen LogP contribution is 2.14. The highest BCUT2D eigenvalue weighted by molar-refractivity contribution is 6.30. The van der Waals surface area contributed by atoms with Crippen LogP contribution < -0.4 is 0 Å². The van der Waals surface area contributed by atoms with Crippen molar-refractivity contribution in [2.75, 3.05) is 13.2 Å². The van der Waals surface area contributed by atoms with Gasteiger partial charge in [0.1, 0.15) is 0 Å². The Kier molecular flexibility index (Phi) is 2.83. The molecule has 0 aromatic heterocycles. The van der Waals surface area contributed by atoms with Crippen LogP contribution >= 0.6 is 11.6 Å². The maximum absolute atomic E-state index is 5.77. The number of benzene rings is 1. The summed E-state index contributed by atoms with van der Waals surface area (Å²) in [5.74, 6) is 0. The van der Waals surface area contributed by atoms with Gasteiger partial charge in [-0.1, -0.05) is 23.7 Å².